The van der Waals surface area contributed by atoms with Crippen molar-refractivity contribution in [3.8, 4) is 11.6 Å². The van der Waals surface area contributed by atoms with Gasteiger partial charge in [0.15, 0.2) is 11.6 Å². The highest BCUT2D eigenvalue weighted by Crippen LogP contribution is 2.23. The van der Waals surface area contributed by atoms with E-state index in [2.05, 4.69) is 4.98 Å². The summed E-state index contributed by atoms with van der Waals surface area (Å²) in [6.07, 6.45) is 1.04. The second-order valence-electron chi connectivity index (χ2n) is 3.30. The van der Waals surface area contributed by atoms with Gasteiger partial charge in [-0.15, -0.1) is 0 Å². The lowest BCUT2D eigenvalue weighted by Gasteiger charge is -2.05. The largest absolute Gasteiger partial charge is 0.436 e. The van der Waals surface area contributed by atoms with E-state index in [1.165, 1.54) is 30.3 Å². The Bertz CT molecular complexity index is 658. The van der Waals surface area contributed by atoms with E-state index in [4.69, 9.17) is 15.4 Å². The van der Waals surface area contributed by atoms with Gasteiger partial charge < -0.3 is 4.74 Å². The fourth-order valence-electron chi connectivity index (χ4n) is 1.21. The number of pyridine rings is 1. The van der Waals surface area contributed by atoms with Crippen LogP contribution in [-0.2, 0) is 9.05 Å². The molecule has 4 nitrogen and oxygen atoms in total. The number of aromatic nitrogens is 1. The van der Waals surface area contributed by atoms with Crippen molar-refractivity contribution in [2.45, 2.75) is 4.90 Å². The summed E-state index contributed by atoms with van der Waals surface area (Å²) in [7, 11) is 1.31. The minimum Gasteiger partial charge on any atom is -0.436 e. The van der Waals surface area contributed by atoms with E-state index in [1.807, 2.05) is 0 Å². The third kappa shape index (κ3) is 2.96. The Morgan fingerprint density at radius 2 is 1.89 bits per heavy atom. The molecule has 0 spiro atoms. The van der Waals surface area contributed by atoms with Gasteiger partial charge in [-0.05, 0) is 18.2 Å². The number of nitrogens with zero attached hydrogens (tertiary/aromatic N) is 1. The highest BCUT2D eigenvalue weighted by molar-refractivity contribution is 8.13. The van der Waals surface area contributed by atoms with Crippen LogP contribution in [0.1, 0.15) is 0 Å². The monoisotopic (exact) mass is 287 g/mol. The SMILES string of the molecule is O=S(=O)(Cl)c1ccc(Oc2ccccc2F)nc1. The van der Waals surface area contributed by atoms with Crippen LogP contribution in [0, 0.1) is 5.82 Å². The summed E-state index contributed by atoms with van der Waals surface area (Å²) in [6, 6.07) is 8.33. The number of ether oxygens (including phenoxy) is 1. The lowest BCUT2D eigenvalue weighted by Crippen LogP contribution is -1.94. The van der Waals surface area contributed by atoms with Gasteiger partial charge in [-0.25, -0.2) is 17.8 Å². The predicted molar refractivity (Wildman–Crippen MR) is 63.7 cm³/mol. The number of rotatable bonds is 3. The fraction of sp³-hybridized carbons (Fsp3) is 0. The van der Waals surface area contributed by atoms with Crippen molar-refractivity contribution in [3.63, 3.8) is 0 Å². The number of para-hydroxylation sites is 1. The molecule has 0 radical (unpaired) electrons. The lowest BCUT2D eigenvalue weighted by atomic mass is 10.3. The lowest BCUT2D eigenvalue weighted by molar-refractivity contribution is 0.427. The number of hydrogen-bond donors (Lipinski definition) is 0. The fourth-order valence-corrected chi connectivity index (χ4v) is 1.89. The third-order valence-corrected chi connectivity index (χ3v) is 3.38. The second-order valence-corrected chi connectivity index (χ2v) is 5.87. The van der Waals surface area contributed by atoms with E-state index in [1.54, 1.807) is 6.07 Å². The van der Waals surface area contributed by atoms with Crippen LogP contribution in [0.3, 0.4) is 0 Å². The van der Waals surface area contributed by atoms with Gasteiger partial charge in [0.05, 0.1) is 6.20 Å². The molecule has 0 bridgehead atoms. The van der Waals surface area contributed by atoms with Crippen molar-refractivity contribution >= 4 is 19.7 Å². The topological polar surface area (TPSA) is 56.3 Å². The summed E-state index contributed by atoms with van der Waals surface area (Å²) in [5.41, 5.74) is 0. The molecular weight excluding hydrogens is 281 g/mol. The van der Waals surface area contributed by atoms with Crippen LogP contribution in [0.15, 0.2) is 47.5 Å². The van der Waals surface area contributed by atoms with E-state index in [9.17, 15) is 12.8 Å². The zero-order valence-electron chi connectivity index (χ0n) is 8.88. The Labute approximate surface area is 107 Å². The van der Waals surface area contributed by atoms with Gasteiger partial charge in [-0.2, -0.15) is 0 Å². The normalized spacial score (nSPS) is 11.2. The first kappa shape index (κ1) is 12.8. The van der Waals surface area contributed by atoms with Gasteiger partial charge in [0.1, 0.15) is 4.90 Å². The van der Waals surface area contributed by atoms with Gasteiger partial charge in [-0.3, -0.25) is 0 Å². The molecule has 2 rings (SSSR count). The summed E-state index contributed by atoms with van der Waals surface area (Å²) in [6.45, 7) is 0. The van der Waals surface area contributed by atoms with E-state index in [-0.39, 0.29) is 16.5 Å². The first-order valence-corrected chi connectivity index (χ1v) is 7.11. The van der Waals surface area contributed by atoms with Crippen molar-refractivity contribution in [1.82, 2.24) is 4.98 Å². The molecule has 0 atom stereocenters. The van der Waals surface area contributed by atoms with E-state index in [0.29, 0.717) is 0 Å². The number of benzene rings is 1. The molecule has 1 aromatic carbocycles. The Morgan fingerprint density at radius 3 is 2.44 bits per heavy atom. The average Bonchev–Trinajstić information content (AvgIpc) is 2.32. The van der Waals surface area contributed by atoms with Gasteiger partial charge in [-0.1, -0.05) is 12.1 Å². The predicted octanol–water partition coefficient (Wildman–Crippen LogP) is 2.94. The third-order valence-electron chi connectivity index (χ3n) is 2.04. The van der Waals surface area contributed by atoms with Crippen molar-refractivity contribution < 1.29 is 17.5 Å². The molecular formula is C11H7ClFNO3S. The quantitative estimate of drug-likeness (QED) is 0.815. The summed E-state index contributed by atoms with van der Waals surface area (Å²) < 4.78 is 40.4. The molecule has 0 unspecified atom stereocenters. The molecule has 0 saturated heterocycles. The Hall–Kier alpha value is -1.66. The van der Waals surface area contributed by atoms with Gasteiger partial charge >= 0.3 is 0 Å². The highest BCUT2D eigenvalue weighted by Gasteiger charge is 2.11. The van der Waals surface area contributed by atoms with Gasteiger partial charge in [0, 0.05) is 16.7 Å². The van der Waals surface area contributed by atoms with Crippen molar-refractivity contribution in [2.24, 2.45) is 0 Å². The number of hydrogen-bond acceptors (Lipinski definition) is 4. The average molecular weight is 288 g/mol. The zero-order chi connectivity index (χ0) is 13.2. The van der Waals surface area contributed by atoms with Crippen LogP contribution in [0.4, 0.5) is 4.39 Å². The van der Waals surface area contributed by atoms with Crippen LogP contribution < -0.4 is 4.74 Å². The van der Waals surface area contributed by atoms with Crippen LogP contribution in [-0.4, -0.2) is 13.4 Å². The molecule has 2 aromatic rings. The molecule has 0 aliphatic heterocycles. The smallest absolute Gasteiger partial charge is 0.262 e. The van der Waals surface area contributed by atoms with Crippen LogP contribution in [0.5, 0.6) is 11.6 Å². The molecule has 1 heterocycles. The molecule has 94 valence electrons. The molecule has 7 heteroatoms. The molecule has 0 fully saturated rings. The minimum atomic E-state index is -3.82. The Balaban J connectivity index is 2.24. The number of halogens is 2. The summed E-state index contributed by atoms with van der Waals surface area (Å²) in [5.74, 6) is -0.455. The molecule has 0 saturated carbocycles. The van der Waals surface area contributed by atoms with Gasteiger partial charge in [0.2, 0.25) is 5.88 Å². The van der Waals surface area contributed by atoms with Crippen molar-refractivity contribution in [1.29, 1.82) is 0 Å². The second kappa shape index (κ2) is 4.91. The molecule has 0 aliphatic carbocycles. The van der Waals surface area contributed by atoms with E-state index < -0.39 is 14.9 Å². The van der Waals surface area contributed by atoms with Crippen molar-refractivity contribution in [3.05, 3.63) is 48.4 Å². The summed E-state index contributed by atoms with van der Waals surface area (Å²) in [4.78, 5) is 3.58. The van der Waals surface area contributed by atoms with Crippen LogP contribution in [0.25, 0.3) is 0 Å². The highest BCUT2D eigenvalue weighted by atomic mass is 35.7. The van der Waals surface area contributed by atoms with Crippen molar-refractivity contribution in [2.75, 3.05) is 0 Å². The Morgan fingerprint density at radius 1 is 1.17 bits per heavy atom. The van der Waals surface area contributed by atoms with E-state index in [0.717, 1.165) is 6.20 Å². The van der Waals surface area contributed by atoms with Crippen LogP contribution in [0.2, 0.25) is 0 Å². The maximum Gasteiger partial charge on any atom is 0.262 e. The van der Waals surface area contributed by atoms with E-state index >= 15 is 0 Å². The summed E-state index contributed by atoms with van der Waals surface area (Å²) in [5, 5.41) is 0. The first-order chi connectivity index (χ1) is 8.47. The standard InChI is InChI=1S/C11H7ClFNO3S/c12-18(15,16)8-5-6-11(14-7-8)17-10-4-2-1-3-9(10)13/h1-7H. The van der Waals surface area contributed by atoms with Crippen LogP contribution >= 0.6 is 10.7 Å². The maximum atomic E-state index is 13.3. The summed E-state index contributed by atoms with van der Waals surface area (Å²) >= 11 is 0. The first-order valence-electron chi connectivity index (χ1n) is 4.80. The maximum absolute atomic E-state index is 13.3. The van der Waals surface area contributed by atoms with Gasteiger partial charge in [0.25, 0.3) is 9.05 Å². The molecule has 0 amide bonds. The molecule has 0 aliphatic rings. The molecule has 1 aromatic heterocycles. The minimum absolute atomic E-state index is 0.00600. The Kier molecular flexibility index (Phi) is 3.49. The molecule has 0 N–H and O–H groups in total. The zero-order valence-corrected chi connectivity index (χ0v) is 10.5. The molecule has 18 heavy (non-hydrogen) atoms.